The SMILES string of the molecule is C=C(OCC1=CC=CCC1C)N1CC[C@]2(c3cc(OC)ccc3C)CC(=O)CC[C@@]2(O)C1C. The zero-order valence-corrected chi connectivity index (χ0v) is 20.4. The molecule has 0 amide bonds. The van der Waals surface area contributed by atoms with Crippen molar-refractivity contribution in [1.29, 1.82) is 0 Å². The van der Waals surface area contributed by atoms with Crippen LogP contribution in [-0.2, 0) is 14.9 Å². The van der Waals surface area contributed by atoms with E-state index < -0.39 is 11.0 Å². The minimum Gasteiger partial charge on any atom is -0.497 e. The highest BCUT2D eigenvalue weighted by molar-refractivity contribution is 5.82. The van der Waals surface area contributed by atoms with Crippen molar-refractivity contribution in [3.63, 3.8) is 0 Å². The van der Waals surface area contributed by atoms with E-state index in [4.69, 9.17) is 9.47 Å². The second kappa shape index (κ2) is 9.02. The van der Waals surface area contributed by atoms with Crippen molar-refractivity contribution in [2.24, 2.45) is 5.92 Å². The molecule has 1 saturated heterocycles. The van der Waals surface area contributed by atoms with E-state index >= 15 is 0 Å². The third-order valence-electron chi connectivity index (χ3n) is 8.31. The molecule has 0 aromatic heterocycles. The Labute approximate surface area is 197 Å². The summed E-state index contributed by atoms with van der Waals surface area (Å²) in [5.41, 5.74) is 1.62. The van der Waals surface area contributed by atoms with Crippen molar-refractivity contribution < 1.29 is 19.4 Å². The van der Waals surface area contributed by atoms with Crippen LogP contribution < -0.4 is 4.74 Å². The Morgan fingerprint density at radius 2 is 2.09 bits per heavy atom. The van der Waals surface area contributed by atoms with Crippen LogP contribution in [-0.4, -0.2) is 47.7 Å². The number of hydrogen-bond donors (Lipinski definition) is 1. The fourth-order valence-electron chi connectivity index (χ4n) is 6.10. The molecule has 2 aliphatic carbocycles. The molecule has 4 atom stereocenters. The maximum atomic E-state index is 12.7. The van der Waals surface area contributed by atoms with E-state index in [2.05, 4.69) is 43.6 Å². The molecule has 2 fully saturated rings. The first-order valence-corrected chi connectivity index (χ1v) is 12.0. The Bertz CT molecular complexity index is 996. The molecule has 4 rings (SSSR count). The van der Waals surface area contributed by atoms with Crippen LogP contribution in [0.5, 0.6) is 5.75 Å². The predicted molar refractivity (Wildman–Crippen MR) is 130 cm³/mol. The van der Waals surface area contributed by atoms with Crippen molar-refractivity contribution in [2.45, 2.75) is 69.9 Å². The van der Waals surface area contributed by atoms with Crippen molar-refractivity contribution in [3.8, 4) is 5.75 Å². The lowest BCUT2D eigenvalue weighted by Crippen LogP contribution is -2.69. The number of piperidine rings is 1. The summed E-state index contributed by atoms with van der Waals surface area (Å²) in [5.74, 6) is 2.01. The molecule has 5 nitrogen and oxygen atoms in total. The molecule has 1 saturated carbocycles. The first kappa shape index (κ1) is 23.6. The van der Waals surface area contributed by atoms with E-state index in [1.165, 1.54) is 5.57 Å². The quantitative estimate of drug-likeness (QED) is 0.628. The molecule has 0 bridgehead atoms. The highest BCUT2D eigenvalue weighted by Crippen LogP contribution is 2.54. The Morgan fingerprint density at radius 1 is 1.30 bits per heavy atom. The number of hydrogen-bond acceptors (Lipinski definition) is 5. The van der Waals surface area contributed by atoms with E-state index in [-0.39, 0.29) is 11.8 Å². The first-order valence-electron chi connectivity index (χ1n) is 12.0. The first-order chi connectivity index (χ1) is 15.7. The van der Waals surface area contributed by atoms with E-state index in [1.807, 2.05) is 25.1 Å². The monoisotopic (exact) mass is 451 g/mol. The fourth-order valence-corrected chi connectivity index (χ4v) is 6.10. The Balaban J connectivity index is 1.62. The Kier molecular flexibility index (Phi) is 6.45. The lowest BCUT2D eigenvalue weighted by molar-refractivity contribution is -0.165. The van der Waals surface area contributed by atoms with Crippen LogP contribution in [0.25, 0.3) is 0 Å². The van der Waals surface area contributed by atoms with Crippen molar-refractivity contribution >= 4 is 5.78 Å². The number of allylic oxidation sites excluding steroid dienone is 3. The summed E-state index contributed by atoms with van der Waals surface area (Å²) >= 11 is 0. The third kappa shape index (κ3) is 4.01. The zero-order chi connectivity index (χ0) is 23.8. The number of methoxy groups -OCH3 is 1. The van der Waals surface area contributed by atoms with E-state index in [9.17, 15) is 9.90 Å². The van der Waals surface area contributed by atoms with Gasteiger partial charge in [0.25, 0.3) is 0 Å². The van der Waals surface area contributed by atoms with Crippen LogP contribution in [0, 0.1) is 12.8 Å². The minimum atomic E-state index is -1.08. The summed E-state index contributed by atoms with van der Waals surface area (Å²) in [6, 6.07) is 5.73. The molecule has 5 heteroatoms. The third-order valence-corrected chi connectivity index (χ3v) is 8.31. The molecule has 1 aliphatic heterocycles. The molecular formula is C28H37NO4. The van der Waals surface area contributed by atoms with Gasteiger partial charge in [-0.15, -0.1) is 0 Å². The largest absolute Gasteiger partial charge is 0.497 e. The van der Waals surface area contributed by atoms with Crippen molar-refractivity contribution in [2.75, 3.05) is 20.3 Å². The van der Waals surface area contributed by atoms with Gasteiger partial charge in [-0.3, -0.25) is 4.79 Å². The smallest absolute Gasteiger partial charge is 0.182 e. The number of Topliss-reactive ketones (excluding diaryl/α,β-unsaturated/α-hetero) is 1. The number of carbonyl (C=O) groups excluding carboxylic acids is 1. The summed E-state index contributed by atoms with van der Waals surface area (Å²) in [4.78, 5) is 14.8. The second-order valence-corrected chi connectivity index (χ2v) is 10.0. The normalized spacial score (nSPS) is 31.6. The van der Waals surface area contributed by atoms with E-state index in [1.54, 1.807) is 7.11 Å². The number of carbonyl (C=O) groups is 1. The predicted octanol–water partition coefficient (Wildman–Crippen LogP) is 4.83. The molecule has 3 aliphatic rings. The number of ketones is 1. The molecule has 1 heterocycles. The van der Waals surface area contributed by atoms with Gasteiger partial charge in [0.15, 0.2) is 5.88 Å². The molecular weight excluding hydrogens is 414 g/mol. The number of benzene rings is 1. The molecule has 33 heavy (non-hydrogen) atoms. The number of aryl methyl sites for hydroxylation is 1. The lowest BCUT2D eigenvalue weighted by atomic mass is 9.53. The molecule has 178 valence electrons. The molecule has 1 aromatic carbocycles. The maximum Gasteiger partial charge on any atom is 0.182 e. The second-order valence-electron chi connectivity index (χ2n) is 10.0. The van der Waals surface area contributed by atoms with Crippen LogP contribution in [0.4, 0.5) is 0 Å². The molecule has 0 spiro atoms. The Morgan fingerprint density at radius 3 is 2.82 bits per heavy atom. The molecule has 2 unspecified atom stereocenters. The van der Waals surface area contributed by atoms with Gasteiger partial charge < -0.3 is 19.5 Å². The average Bonchev–Trinajstić information content (AvgIpc) is 2.80. The molecule has 0 radical (unpaired) electrons. The lowest BCUT2D eigenvalue weighted by Gasteiger charge is -2.60. The van der Waals surface area contributed by atoms with Gasteiger partial charge in [0.1, 0.15) is 18.1 Å². The van der Waals surface area contributed by atoms with Gasteiger partial charge in [-0.1, -0.05) is 31.2 Å². The number of fused-ring (bicyclic) bond motifs is 1. The van der Waals surface area contributed by atoms with Crippen LogP contribution in [0.3, 0.4) is 0 Å². The number of ether oxygens (including phenoxy) is 2. The average molecular weight is 452 g/mol. The van der Waals surface area contributed by atoms with Crippen molar-refractivity contribution in [1.82, 2.24) is 4.90 Å². The zero-order valence-electron chi connectivity index (χ0n) is 20.4. The van der Waals surface area contributed by atoms with Crippen LogP contribution in [0.15, 0.2) is 54.5 Å². The number of aliphatic hydroxyl groups is 1. The highest BCUT2D eigenvalue weighted by atomic mass is 16.5. The van der Waals surface area contributed by atoms with Gasteiger partial charge in [0, 0.05) is 24.8 Å². The summed E-state index contributed by atoms with van der Waals surface area (Å²) in [7, 11) is 1.65. The molecule has 1 N–H and O–H groups in total. The maximum absolute atomic E-state index is 12.7. The van der Waals surface area contributed by atoms with E-state index in [0.29, 0.717) is 50.6 Å². The number of rotatable bonds is 6. The van der Waals surface area contributed by atoms with Gasteiger partial charge in [-0.2, -0.15) is 0 Å². The van der Waals surface area contributed by atoms with Crippen LogP contribution >= 0.6 is 0 Å². The number of likely N-dealkylation sites (tertiary alicyclic amines) is 1. The summed E-state index contributed by atoms with van der Waals surface area (Å²) in [6.45, 7) is 11.7. The van der Waals surface area contributed by atoms with Crippen LogP contribution in [0.1, 0.15) is 57.1 Å². The topological polar surface area (TPSA) is 59.0 Å². The van der Waals surface area contributed by atoms with Gasteiger partial charge in [0.05, 0.1) is 18.8 Å². The van der Waals surface area contributed by atoms with Gasteiger partial charge in [-0.05, 0) is 74.4 Å². The standard InChI is InChI=1S/C28H37NO4/c1-19-8-6-7-9-23(19)18-33-22(4)29-15-14-27(26-16-25(32-5)11-10-20(26)2)17-24(30)12-13-28(27,31)21(29)3/h6-7,9-11,16,19,21,31H,4,8,12-15,17-18H2,1-3,5H3/t19?,21?,27-,28-/m1/s1. The van der Waals surface area contributed by atoms with E-state index in [0.717, 1.165) is 23.3 Å². The fraction of sp³-hybridized carbons (Fsp3) is 0.536. The van der Waals surface area contributed by atoms with Crippen LogP contribution in [0.2, 0.25) is 0 Å². The van der Waals surface area contributed by atoms with Gasteiger partial charge in [0.2, 0.25) is 0 Å². The highest BCUT2D eigenvalue weighted by Gasteiger charge is 2.61. The number of nitrogens with zero attached hydrogens (tertiary/aromatic N) is 1. The van der Waals surface area contributed by atoms with Gasteiger partial charge >= 0.3 is 0 Å². The summed E-state index contributed by atoms with van der Waals surface area (Å²) in [6.07, 6.45) is 9.23. The summed E-state index contributed by atoms with van der Waals surface area (Å²) in [5, 5.41) is 12.3. The summed E-state index contributed by atoms with van der Waals surface area (Å²) < 4.78 is 11.6. The minimum absolute atomic E-state index is 0.212. The Hall–Kier alpha value is -2.53. The van der Waals surface area contributed by atoms with Gasteiger partial charge in [-0.25, -0.2) is 0 Å². The molecule has 1 aromatic rings. The van der Waals surface area contributed by atoms with Crippen molar-refractivity contribution in [3.05, 3.63) is 65.6 Å².